The Balaban J connectivity index is 2.69. The molecule has 1 aromatic heterocycles. The molecule has 0 fully saturated rings. The third-order valence-corrected chi connectivity index (χ3v) is 2.49. The molecule has 0 atom stereocenters. The SMILES string of the molecule is CCc1c2ccc([N+](=O)[O-])cc2nn1C. The quantitative estimate of drug-likeness (QED) is 0.556. The lowest BCUT2D eigenvalue weighted by atomic mass is 10.1. The lowest BCUT2D eigenvalue weighted by molar-refractivity contribution is -0.384. The van der Waals surface area contributed by atoms with Crippen molar-refractivity contribution in [3.8, 4) is 0 Å². The van der Waals surface area contributed by atoms with Crippen LogP contribution in [0.5, 0.6) is 0 Å². The Labute approximate surface area is 86.5 Å². The molecule has 0 saturated carbocycles. The number of fused-ring (bicyclic) bond motifs is 1. The first-order valence-corrected chi connectivity index (χ1v) is 4.73. The van der Waals surface area contributed by atoms with Crippen LogP contribution in [0.1, 0.15) is 12.6 Å². The summed E-state index contributed by atoms with van der Waals surface area (Å²) >= 11 is 0. The van der Waals surface area contributed by atoms with Crippen LogP contribution in [-0.4, -0.2) is 14.7 Å². The molecule has 0 bridgehead atoms. The highest BCUT2D eigenvalue weighted by atomic mass is 16.6. The summed E-state index contributed by atoms with van der Waals surface area (Å²) in [6.45, 7) is 2.04. The van der Waals surface area contributed by atoms with Crippen molar-refractivity contribution in [2.45, 2.75) is 13.3 Å². The van der Waals surface area contributed by atoms with E-state index >= 15 is 0 Å². The minimum Gasteiger partial charge on any atom is -0.271 e. The summed E-state index contributed by atoms with van der Waals surface area (Å²) < 4.78 is 1.77. The van der Waals surface area contributed by atoms with Gasteiger partial charge in [-0.2, -0.15) is 5.10 Å². The van der Waals surface area contributed by atoms with Gasteiger partial charge in [-0.25, -0.2) is 0 Å². The van der Waals surface area contributed by atoms with Gasteiger partial charge in [-0.3, -0.25) is 14.8 Å². The van der Waals surface area contributed by atoms with Gasteiger partial charge in [-0.15, -0.1) is 0 Å². The van der Waals surface area contributed by atoms with E-state index in [9.17, 15) is 10.1 Å². The molecule has 5 nitrogen and oxygen atoms in total. The van der Waals surface area contributed by atoms with Gasteiger partial charge < -0.3 is 0 Å². The Kier molecular flexibility index (Phi) is 2.15. The molecule has 1 aromatic carbocycles. The molecule has 0 aliphatic rings. The molecular weight excluding hydrogens is 194 g/mol. The van der Waals surface area contributed by atoms with Crippen molar-refractivity contribution in [2.24, 2.45) is 7.05 Å². The zero-order valence-corrected chi connectivity index (χ0v) is 8.60. The highest BCUT2D eigenvalue weighted by Gasteiger charge is 2.11. The Hall–Kier alpha value is -1.91. The number of hydrogen-bond acceptors (Lipinski definition) is 3. The summed E-state index contributed by atoms with van der Waals surface area (Å²) in [6.07, 6.45) is 0.866. The lowest BCUT2D eigenvalue weighted by Gasteiger charge is -1.96. The molecule has 0 N–H and O–H groups in total. The van der Waals surface area contributed by atoms with E-state index in [2.05, 4.69) is 5.10 Å². The zero-order valence-electron chi connectivity index (χ0n) is 8.60. The molecule has 2 aromatic rings. The molecule has 0 radical (unpaired) electrons. The second-order valence-corrected chi connectivity index (χ2v) is 3.38. The van der Waals surface area contributed by atoms with Gasteiger partial charge >= 0.3 is 0 Å². The van der Waals surface area contributed by atoms with Crippen LogP contribution in [0.25, 0.3) is 10.9 Å². The number of nitro benzene ring substituents is 1. The Morgan fingerprint density at radius 2 is 2.27 bits per heavy atom. The predicted octanol–water partition coefficient (Wildman–Crippen LogP) is 2.04. The molecule has 0 spiro atoms. The minimum atomic E-state index is -0.403. The number of aromatic nitrogens is 2. The number of benzene rings is 1. The molecule has 0 aliphatic carbocycles. The van der Waals surface area contributed by atoms with Crippen molar-refractivity contribution in [3.05, 3.63) is 34.0 Å². The number of aryl methyl sites for hydroxylation is 2. The van der Waals surface area contributed by atoms with E-state index in [1.165, 1.54) is 12.1 Å². The van der Waals surface area contributed by atoms with Crippen LogP contribution in [-0.2, 0) is 13.5 Å². The molecule has 0 aliphatic heterocycles. The Bertz CT molecular complexity index is 531. The topological polar surface area (TPSA) is 61.0 Å². The Morgan fingerprint density at radius 3 is 2.87 bits per heavy atom. The monoisotopic (exact) mass is 205 g/mol. The van der Waals surface area contributed by atoms with Gasteiger partial charge in [0.2, 0.25) is 0 Å². The van der Waals surface area contributed by atoms with E-state index < -0.39 is 4.92 Å². The average molecular weight is 205 g/mol. The number of non-ortho nitro benzene ring substituents is 1. The van der Waals surface area contributed by atoms with Crippen molar-refractivity contribution in [3.63, 3.8) is 0 Å². The van der Waals surface area contributed by atoms with Crippen LogP contribution < -0.4 is 0 Å². The van der Waals surface area contributed by atoms with Gasteiger partial charge in [-0.05, 0) is 12.5 Å². The summed E-state index contributed by atoms with van der Waals surface area (Å²) in [5, 5.41) is 15.8. The van der Waals surface area contributed by atoms with Crippen molar-refractivity contribution >= 4 is 16.6 Å². The summed E-state index contributed by atoms with van der Waals surface area (Å²) in [7, 11) is 1.85. The third kappa shape index (κ3) is 1.45. The van der Waals surface area contributed by atoms with E-state index in [1.807, 2.05) is 14.0 Å². The fraction of sp³-hybridized carbons (Fsp3) is 0.300. The van der Waals surface area contributed by atoms with Gasteiger partial charge in [0.25, 0.3) is 5.69 Å². The van der Waals surface area contributed by atoms with Crippen LogP contribution in [0.2, 0.25) is 0 Å². The standard InChI is InChI=1S/C10H11N3O2/c1-3-10-8-5-4-7(13(14)15)6-9(8)11-12(10)2/h4-6H,3H2,1-2H3. The van der Waals surface area contributed by atoms with Gasteiger partial charge in [0.05, 0.1) is 10.4 Å². The third-order valence-electron chi connectivity index (χ3n) is 2.49. The van der Waals surface area contributed by atoms with Gasteiger partial charge in [0.1, 0.15) is 0 Å². The van der Waals surface area contributed by atoms with Crippen LogP contribution in [0, 0.1) is 10.1 Å². The molecule has 0 unspecified atom stereocenters. The van der Waals surface area contributed by atoms with E-state index in [-0.39, 0.29) is 5.69 Å². The maximum Gasteiger partial charge on any atom is 0.271 e. The van der Waals surface area contributed by atoms with E-state index in [4.69, 9.17) is 0 Å². The molecule has 5 heteroatoms. The first-order chi connectivity index (χ1) is 7.13. The Morgan fingerprint density at radius 1 is 1.53 bits per heavy atom. The maximum absolute atomic E-state index is 10.6. The molecule has 2 rings (SSSR count). The molecule has 0 amide bonds. The van der Waals surface area contributed by atoms with Crippen molar-refractivity contribution in [2.75, 3.05) is 0 Å². The van der Waals surface area contributed by atoms with Gasteiger partial charge in [-0.1, -0.05) is 6.92 Å². The summed E-state index contributed by atoms with van der Waals surface area (Å²) in [4.78, 5) is 10.2. The maximum atomic E-state index is 10.6. The van der Waals surface area contributed by atoms with Crippen LogP contribution in [0.4, 0.5) is 5.69 Å². The molecule has 15 heavy (non-hydrogen) atoms. The van der Waals surface area contributed by atoms with Gasteiger partial charge in [0, 0.05) is 30.3 Å². The number of nitrogens with zero attached hydrogens (tertiary/aromatic N) is 3. The summed E-state index contributed by atoms with van der Waals surface area (Å²) in [6, 6.07) is 4.79. The minimum absolute atomic E-state index is 0.0863. The first-order valence-electron chi connectivity index (χ1n) is 4.73. The zero-order chi connectivity index (χ0) is 11.0. The number of nitro groups is 1. The lowest BCUT2D eigenvalue weighted by Crippen LogP contribution is -1.95. The van der Waals surface area contributed by atoms with Crippen molar-refractivity contribution in [1.82, 2.24) is 9.78 Å². The summed E-state index contributed by atoms with van der Waals surface area (Å²) in [5.41, 5.74) is 1.87. The molecular formula is C10H11N3O2. The highest BCUT2D eigenvalue weighted by Crippen LogP contribution is 2.22. The van der Waals surface area contributed by atoms with Crippen molar-refractivity contribution in [1.29, 1.82) is 0 Å². The van der Waals surface area contributed by atoms with Gasteiger partial charge in [0.15, 0.2) is 0 Å². The van der Waals surface area contributed by atoms with Crippen LogP contribution in [0.15, 0.2) is 18.2 Å². The second kappa shape index (κ2) is 3.34. The first kappa shape index (κ1) is 9.64. The summed E-state index contributed by atoms with van der Waals surface area (Å²) in [5.74, 6) is 0. The van der Waals surface area contributed by atoms with Crippen molar-refractivity contribution < 1.29 is 4.92 Å². The second-order valence-electron chi connectivity index (χ2n) is 3.38. The fourth-order valence-corrected chi connectivity index (χ4v) is 1.78. The largest absolute Gasteiger partial charge is 0.271 e. The average Bonchev–Trinajstić information content (AvgIpc) is 2.51. The predicted molar refractivity (Wildman–Crippen MR) is 56.7 cm³/mol. The van der Waals surface area contributed by atoms with E-state index in [1.54, 1.807) is 10.7 Å². The molecule has 0 saturated heterocycles. The highest BCUT2D eigenvalue weighted by molar-refractivity contribution is 5.83. The smallest absolute Gasteiger partial charge is 0.271 e. The van der Waals surface area contributed by atoms with Crippen LogP contribution >= 0.6 is 0 Å². The normalized spacial score (nSPS) is 10.8. The van der Waals surface area contributed by atoms with E-state index in [0.717, 1.165) is 17.5 Å². The van der Waals surface area contributed by atoms with E-state index in [0.29, 0.717) is 5.52 Å². The number of hydrogen-bond donors (Lipinski definition) is 0. The van der Waals surface area contributed by atoms with Crippen LogP contribution in [0.3, 0.4) is 0 Å². The molecule has 78 valence electrons. The molecule has 1 heterocycles. The number of rotatable bonds is 2. The fourth-order valence-electron chi connectivity index (χ4n) is 1.78.